The Bertz CT molecular complexity index is 1240. The van der Waals surface area contributed by atoms with Crippen molar-refractivity contribution in [3.63, 3.8) is 0 Å². The maximum atomic E-state index is 12.6. The number of phenols is 1. The highest BCUT2D eigenvalue weighted by Crippen LogP contribution is 2.35. The fourth-order valence-electron chi connectivity index (χ4n) is 2.80. The Morgan fingerprint density at radius 1 is 1.11 bits per heavy atom. The first-order chi connectivity index (χ1) is 13.1. The number of anilines is 1. The highest BCUT2D eigenvalue weighted by molar-refractivity contribution is 7.86. The zero-order valence-corrected chi connectivity index (χ0v) is 15.2. The van der Waals surface area contributed by atoms with Gasteiger partial charge in [-0.3, -0.25) is 19.5 Å². The minimum absolute atomic E-state index is 0.0734. The van der Waals surface area contributed by atoms with Crippen molar-refractivity contribution in [1.29, 1.82) is 0 Å². The number of carbonyl (C=O) groups excluding carboxylic acids is 1. The van der Waals surface area contributed by atoms with Gasteiger partial charge in [-0.2, -0.15) is 8.42 Å². The summed E-state index contributed by atoms with van der Waals surface area (Å²) in [4.78, 5) is 22.5. The normalized spacial score (nSPS) is 11.4. The van der Waals surface area contributed by atoms with Crippen LogP contribution in [0, 0.1) is 17.0 Å². The van der Waals surface area contributed by atoms with Gasteiger partial charge >= 0.3 is 0 Å². The Morgan fingerprint density at radius 2 is 1.82 bits per heavy atom. The van der Waals surface area contributed by atoms with Gasteiger partial charge in [0, 0.05) is 28.0 Å². The SMILES string of the molecule is Cc1ccc(C(=O)Nc2c(S(=O)(=O)O)ccc3c(O)cccc23)cc1[N+](=O)[O-]. The molecule has 28 heavy (non-hydrogen) atoms. The third kappa shape index (κ3) is 3.50. The predicted molar refractivity (Wildman–Crippen MR) is 101 cm³/mol. The predicted octanol–water partition coefficient (Wildman–Crippen LogP) is 3.26. The summed E-state index contributed by atoms with van der Waals surface area (Å²) < 4.78 is 33.0. The first-order valence-corrected chi connectivity index (χ1v) is 9.32. The summed E-state index contributed by atoms with van der Waals surface area (Å²) in [6.07, 6.45) is 0. The molecule has 3 rings (SSSR count). The second-order valence-electron chi connectivity index (χ2n) is 6.00. The minimum atomic E-state index is -4.70. The van der Waals surface area contributed by atoms with Gasteiger partial charge in [0.1, 0.15) is 10.6 Å². The lowest BCUT2D eigenvalue weighted by Gasteiger charge is -2.13. The van der Waals surface area contributed by atoms with Crippen LogP contribution in [0.4, 0.5) is 11.4 Å². The molecular formula is C18H14N2O7S. The van der Waals surface area contributed by atoms with E-state index in [1.807, 2.05) is 0 Å². The number of nitro groups is 1. The molecule has 3 aromatic carbocycles. The van der Waals surface area contributed by atoms with Crippen molar-refractivity contribution >= 4 is 38.2 Å². The summed E-state index contributed by atoms with van der Waals surface area (Å²) in [5, 5.41) is 23.9. The summed E-state index contributed by atoms with van der Waals surface area (Å²) in [6, 6.07) is 10.4. The van der Waals surface area contributed by atoms with Crippen LogP contribution in [-0.2, 0) is 10.1 Å². The molecule has 3 N–H and O–H groups in total. The highest BCUT2D eigenvalue weighted by atomic mass is 32.2. The van der Waals surface area contributed by atoms with Crippen molar-refractivity contribution in [2.24, 2.45) is 0 Å². The van der Waals surface area contributed by atoms with Crippen LogP contribution in [0.15, 0.2) is 53.4 Å². The van der Waals surface area contributed by atoms with E-state index in [-0.39, 0.29) is 33.5 Å². The lowest BCUT2D eigenvalue weighted by Crippen LogP contribution is -2.15. The maximum absolute atomic E-state index is 12.6. The van der Waals surface area contributed by atoms with Crippen LogP contribution in [0.1, 0.15) is 15.9 Å². The van der Waals surface area contributed by atoms with E-state index in [1.54, 1.807) is 0 Å². The quantitative estimate of drug-likeness (QED) is 0.345. The van der Waals surface area contributed by atoms with Crippen LogP contribution < -0.4 is 5.32 Å². The number of fused-ring (bicyclic) bond motifs is 1. The fourth-order valence-corrected chi connectivity index (χ4v) is 3.46. The second kappa shape index (κ2) is 6.91. The summed E-state index contributed by atoms with van der Waals surface area (Å²) in [7, 11) is -4.70. The number of amides is 1. The third-order valence-electron chi connectivity index (χ3n) is 4.18. The van der Waals surface area contributed by atoms with Crippen molar-refractivity contribution in [3.8, 4) is 5.75 Å². The molecule has 9 nitrogen and oxygen atoms in total. The van der Waals surface area contributed by atoms with Gasteiger partial charge in [0.2, 0.25) is 0 Å². The molecule has 0 fully saturated rings. The molecule has 0 bridgehead atoms. The Labute approximate surface area is 159 Å². The third-order valence-corrected chi connectivity index (χ3v) is 5.08. The van der Waals surface area contributed by atoms with Crippen LogP contribution in [0.5, 0.6) is 5.75 Å². The van der Waals surface area contributed by atoms with Gasteiger partial charge in [0.05, 0.1) is 10.6 Å². The van der Waals surface area contributed by atoms with E-state index in [4.69, 9.17) is 0 Å². The molecule has 10 heteroatoms. The number of hydrogen-bond acceptors (Lipinski definition) is 6. The molecule has 144 valence electrons. The summed E-state index contributed by atoms with van der Waals surface area (Å²) in [6.45, 7) is 1.52. The molecule has 0 unspecified atom stereocenters. The number of phenolic OH excluding ortho intramolecular Hbond substituents is 1. The van der Waals surface area contributed by atoms with Crippen LogP contribution in [-0.4, -0.2) is 28.9 Å². The van der Waals surface area contributed by atoms with Crippen molar-refractivity contribution in [3.05, 3.63) is 69.8 Å². The van der Waals surface area contributed by atoms with Crippen LogP contribution >= 0.6 is 0 Å². The van der Waals surface area contributed by atoms with Crippen molar-refractivity contribution < 1.29 is 27.8 Å². The zero-order chi connectivity index (χ0) is 20.6. The van der Waals surface area contributed by atoms with Gasteiger partial charge < -0.3 is 10.4 Å². The molecular weight excluding hydrogens is 388 g/mol. The van der Waals surface area contributed by atoms with Crippen molar-refractivity contribution in [2.45, 2.75) is 11.8 Å². The first-order valence-electron chi connectivity index (χ1n) is 7.88. The Kier molecular flexibility index (Phi) is 4.75. The van der Waals surface area contributed by atoms with Gasteiger partial charge in [0.15, 0.2) is 0 Å². The minimum Gasteiger partial charge on any atom is -0.507 e. The Morgan fingerprint density at radius 3 is 2.46 bits per heavy atom. The molecule has 0 saturated heterocycles. The molecule has 3 aromatic rings. The molecule has 0 saturated carbocycles. The Balaban J connectivity index is 2.16. The summed E-state index contributed by atoms with van der Waals surface area (Å²) in [5.41, 5.74) is -0.228. The molecule has 0 radical (unpaired) electrons. The van der Waals surface area contributed by atoms with Crippen LogP contribution in [0.2, 0.25) is 0 Å². The fraction of sp³-hybridized carbons (Fsp3) is 0.0556. The molecule has 0 aliphatic heterocycles. The smallest absolute Gasteiger partial charge is 0.296 e. The standard InChI is InChI=1S/C18H14N2O7S/c1-10-5-6-11(9-14(10)20(23)24)18(22)19-17-13-3-2-4-15(21)12(13)7-8-16(17)28(25,26)27/h2-9,21H,1H3,(H,19,22)(H,25,26,27). The second-order valence-corrected chi connectivity index (χ2v) is 7.39. The van der Waals surface area contributed by atoms with Crippen molar-refractivity contribution in [1.82, 2.24) is 0 Å². The van der Waals surface area contributed by atoms with Gasteiger partial charge in [-0.15, -0.1) is 0 Å². The number of nitro benzene ring substituents is 1. The summed E-state index contributed by atoms with van der Waals surface area (Å²) in [5.74, 6) is -0.968. The van der Waals surface area contributed by atoms with E-state index in [9.17, 15) is 33.0 Å². The van der Waals surface area contributed by atoms with Crippen LogP contribution in [0.3, 0.4) is 0 Å². The van der Waals surface area contributed by atoms with Crippen molar-refractivity contribution in [2.75, 3.05) is 5.32 Å². The largest absolute Gasteiger partial charge is 0.507 e. The lowest BCUT2D eigenvalue weighted by molar-refractivity contribution is -0.385. The number of hydrogen-bond donors (Lipinski definition) is 3. The van der Waals surface area contributed by atoms with E-state index in [0.717, 1.165) is 12.1 Å². The molecule has 1 amide bonds. The van der Waals surface area contributed by atoms with Gasteiger partial charge in [0.25, 0.3) is 21.7 Å². The monoisotopic (exact) mass is 402 g/mol. The summed E-state index contributed by atoms with van der Waals surface area (Å²) >= 11 is 0. The number of aromatic hydroxyl groups is 1. The highest BCUT2D eigenvalue weighted by Gasteiger charge is 2.22. The van der Waals surface area contributed by atoms with E-state index in [2.05, 4.69) is 5.32 Å². The first kappa shape index (κ1) is 19.3. The van der Waals surface area contributed by atoms with E-state index in [1.165, 1.54) is 43.3 Å². The number of rotatable bonds is 4. The van der Waals surface area contributed by atoms with E-state index in [0.29, 0.717) is 5.56 Å². The average molecular weight is 402 g/mol. The number of aryl methyl sites for hydroxylation is 1. The average Bonchev–Trinajstić information content (AvgIpc) is 2.61. The molecule has 0 spiro atoms. The lowest BCUT2D eigenvalue weighted by atomic mass is 10.1. The van der Waals surface area contributed by atoms with Gasteiger partial charge in [-0.05, 0) is 31.2 Å². The molecule has 0 aliphatic rings. The number of nitrogens with zero attached hydrogens (tertiary/aromatic N) is 1. The van der Waals surface area contributed by atoms with Crippen LogP contribution in [0.25, 0.3) is 10.8 Å². The molecule has 0 aliphatic carbocycles. The van der Waals surface area contributed by atoms with Gasteiger partial charge in [-0.25, -0.2) is 0 Å². The number of benzene rings is 3. The van der Waals surface area contributed by atoms with E-state index < -0.39 is 25.8 Å². The molecule has 0 aromatic heterocycles. The Hall–Kier alpha value is -3.50. The topological polar surface area (TPSA) is 147 Å². The van der Waals surface area contributed by atoms with Gasteiger partial charge in [-0.1, -0.05) is 18.2 Å². The zero-order valence-electron chi connectivity index (χ0n) is 14.4. The molecule has 0 atom stereocenters. The maximum Gasteiger partial charge on any atom is 0.296 e. The van der Waals surface area contributed by atoms with E-state index >= 15 is 0 Å². The molecule has 0 heterocycles. The number of nitrogens with one attached hydrogen (secondary N) is 1. The number of carbonyl (C=O) groups is 1.